The third kappa shape index (κ3) is 3.34. The number of carbonyl (C=O) groups is 1. The lowest BCUT2D eigenvalue weighted by Crippen LogP contribution is -2.53. The molecule has 2 rings (SSSR count). The standard InChI is InChI=1S/C17H23N3O3/c1-12-10-19(7-8-20(12)16(21)22)13-5-6-14(15(9-13)23-4)17(2,3)11-18/h5-6,9,12H,7-8,10H2,1-4H3,(H,21,22). The fraction of sp³-hybridized carbons (Fsp3) is 0.529. The molecule has 0 spiro atoms. The minimum Gasteiger partial charge on any atom is -0.496 e. The van der Waals surface area contributed by atoms with Crippen molar-refractivity contribution >= 4 is 11.8 Å². The largest absolute Gasteiger partial charge is 0.496 e. The third-order valence-corrected chi connectivity index (χ3v) is 4.38. The van der Waals surface area contributed by atoms with Crippen LogP contribution in [0.5, 0.6) is 5.75 Å². The Balaban J connectivity index is 2.26. The highest BCUT2D eigenvalue weighted by Crippen LogP contribution is 2.34. The van der Waals surface area contributed by atoms with Gasteiger partial charge in [-0.05, 0) is 26.8 Å². The Morgan fingerprint density at radius 2 is 2.13 bits per heavy atom. The lowest BCUT2D eigenvalue weighted by atomic mass is 9.85. The van der Waals surface area contributed by atoms with Gasteiger partial charge in [0.1, 0.15) is 5.75 Å². The van der Waals surface area contributed by atoms with Gasteiger partial charge in [-0.15, -0.1) is 0 Å². The molecule has 6 nitrogen and oxygen atoms in total. The monoisotopic (exact) mass is 317 g/mol. The minimum absolute atomic E-state index is 0.0672. The molecule has 0 bridgehead atoms. The van der Waals surface area contributed by atoms with Crippen LogP contribution in [0.2, 0.25) is 0 Å². The van der Waals surface area contributed by atoms with E-state index in [0.29, 0.717) is 25.4 Å². The molecule has 1 aliphatic heterocycles. The number of hydrogen-bond acceptors (Lipinski definition) is 4. The van der Waals surface area contributed by atoms with Crippen molar-refractivity contribution in [3.8, 4) is 11.8 Å². The van der Waals surface area contributed by atoms with E-state index in [1.54, 1.807) is 7.11 Å². The highest BCUT2D eigenvalue weighted by molar-refractivity contribution is 5.66. The average Bonchev–Trinajstić information content (AvgIpc) is 2.53. The normalized spacial score (nSPS) is 18.5. The number of amides is 1. The van der Waals surface area contributed by atoms with Gasteiger partial charge < -0.3 is 19.6 Å². The Bertz CT molecular complexity index is 636. The van der Waals surface area contributed by atoms with Crippen molar-refractivity contribution in [2.24, 2.45) is 0 Å². The van der Waals surface area contributed by atoms with Crippen LogP contribution in [0, 0.1) is 11.3 Å². The molecule has 23 heavy (non-hydrogen) atoms. The van der Waals surface area contributed by atoms with Gasteiger partial charge in [0.15, 0.2) is 0 Å². The van der Waals surface area contributed by atoms with Crippen molar-refractivity contribution in [1.82, 2.24) is 4.90 Å². The van der Waals surface area contributed by atoms with Crippen LogP contribution in [-0.4, -0.2) is 48.9 Å². The van der Waals surface area contributed by atoms with Gasteiger partial charge in [0, 0.05) is 43.0 Å². The molecule has 1 aromatic carbocycles. The number of piperazine rings is 1. The van der Waals surface area contributed by atoms with E-state index in [0.717, 1.165) is 11.3 Å². The van der Waals surface area contributed by atoms with Gasteiger partial charge in [0.25, 0.3) is 0 Å². The summed E-state index contributed by atoms with van der Waals surface area (Å²) in [6, 6.07) is 8.05. The number of hydrogen-bond donors (Lipinski definition) is 1. The van der Waals surface area contributed by atoms with Crippen molar-refractivity contribution in [1.29, 1.82) is 5.26 Å². The molecule has 1 heterocycles. The molecule has 1 amide bonds. The van der Waals surface area contributed by atoms with Gasteiger partial charge in [0.2, 0.25) is 0 Å². The fourth-order valence-electron chi connectivity index (χ4n) is 2.93. The highest BCUT2D eigenvalue weighted by Gasteiger charge is 2.29. The van der Waals surface area contributed by atoms with E-state index in [-0.39, 0.29) is 6.04 Å². The van der Waals surface area contributed by atoms with Crippen LogP contribution in [0.1, 0.15) is 26.3 Å². The third-order valence-electron chi connectivity index (χ3n) is 4.38. The van der Waals surface area contributed by atoms with Crippen LogP contribution in [0.15, 0.2) is 18.2 Å². The zero-order chi connectivity index (χ0) is 17.2. The molecular weight excluding hydrogens is 294 g/mol. The molecule has 0 radical (unpaired) electrons. The maximum Gasteiger partial charge on any atom is 0.407 e. The SMILES string of the molecule is COc1cc(N2CCN(C(=O)O)C(C)C2)ccc1C(C)(C)C#N. The molecular formula is C17H23N3O3. The molecule has 1 atom stereocenters. The molecule has 6 heteroatoms. The maximum atomic E-state index is 11.2. The molecule has 0 aliphatic carbocycles. The van der Waals surface area contributed by atoms with Crippen LogP contribution >= 0.6 is 0 Å². The second-order valence-corrected chi connectivity index (χ2v) is 6.39. The summed E-state index contributed by atoms with van der Waals surface area (Å²) in [4.78, 5) is 14.8. The summed E-state index contributed by atoms with van der Waals surface area (Å²) in [7, 11) is 1.60. The summed E-state index contributed by atoms with van der Waals surface area (Å²) in [6.07, 6.45) is -0.874. The topological polar surface area (TPSA) is 76.8 Å². The number of nitrogens with zero attached hydrogens (tertiary/aromatic N) is 3. The lowest BCUT2D eigenvalue weighted by molar-refractivity contribution is 0.122. The van der Waals surface area contributed by atoms with Crippen LogP contribution in [0.4, 0.5) is 10.5 Å². The second kappa shape index (κ2) is 6.37. The summed E-state index contributed by atoms with van der Waals surface area (Å²) in [5, 5.41) is 18.5. The predicted octanol–water partition coefficient (Wildman–Crippen LogP) is 2.68. The first-order valence-electron chi connectivity index (χ1n) is 7.64. The van der Waals surface area contributed by atoms with E-state index in [9.17, 15) is 10.1 Å². The Hall–Kier alpha value is -2.42. The molecule has 0 saturated carbocycles. The van der Waals surface area contributed by atoms with Crippen molar-refractivity contribution in [3.63, 3.8) is 0 Å². The van der Waals surface area contributed by atoms with E-state index in [4.69, 9.17) is 9.84 Å². The lowest BCUT2D eigenvalue weighted by Gasteiger charge is -2.39. The Morgan fingerprint density at radius 1 is 1.43 bits per heavy atom. The molecule has 1 N–H and O–H groups in total. The average molecular weight is 317 g/mol. The zero-order valence-corrected chi connectivity index (χ0v) is 14.0. The quantitative estimate of drug-likeness (QED) is 0.927. The predicted molar refractivity (Wildman–Crippen MR) is 88.0 cm³/mol. The first kappa shape index (κ1) is 16.9. The maximum absolute atomic E-state index is 11.2. The first-order valence-corrected chi connectivity index (χ1v) is 7.64. The summed E-state index contributed by atoms with van der Waals surface area (Å²) in [5.74, 6) is 0.683. The van der Waals surface area contributed by atoms with Gasteiger partial charge in [-0.25, -0.2) is 4.79 Å². The molecule has 1 aromatic rings. The van der Waals surface area contributed by atoms with Gasteiger partial charge >= 0.3 is 6.09 Å². The van der Waals surface area contributed by atoms with Crippen LogP contribution in [-0.2, 0) is 5.41 Å². The summed E-state index contributed by atoms with van der Waals surface area (Å²) < 4.78 is 5.47. The zero-order valence-electron chi connectivity index (χ0n) is 14.0. The molecule has 1 aliphatic rings. The molecule has 1 unspecified atom stereocenters. The van der Waals surface area contributed by atoms with Crippen molar-refractivity contribution in [2.75, 3.05) is 31.6 Å². The van der Waals surface area contributed by atoms with Gasteiger partial charge in [-0.2, -0.15) is 5.26 Å². The van der Waals surface area contributed by atoms with E-state index in [1.165, 1.54) is 4.90 Å². The highest BCUT2D eigenvalue weighted by atomic mass is 16.5. The van der Waals surface area contributed by atoms with Crippen molar-refractivity contribution < 1.29 is 14.6 Å². The summed E-state index contributed by atoms with van der Waals surface area (Å²) >= 11 is 0. The fourth-order valence-corrected chi connectivity index (χ4v) is 2.93. The van der Waals surface area contributed by atoms with Gasteiger partial charge in [-0.3, -0.25) is 0 Å². The Kier molecular flexibility index (Phi) is 4.69. The Labute approximate surface area is 136 Å². The van der Waals surface area contributed by atoms with Crippen molar-refractivity contribution in [3.05, 3.63) is 23.8 Å². The minimum atomic E-state index is -0.874. The number of rotatable bonds is 3. The van der Waals surface area contributed by atoms with Gasteiger partial charge in [0.05, 0.1) is 18.6 Å². The smallest absolute Gasteiger partial charge is 0.407 e. The molecule has 1 fully saturated rings. The first-order chi connectivity index (χ1) is 10.8. The summed E-state index contributed by atoms with van der Waals surface area (Å²) in [5.41, 5.74) is 1.21. The van der Waals surface area contributed by atoms with Crippen molar-refractivity contribution in [2.45, 2.75) is 32.2 Å². The number of anilines is 1. The van der Waals surface area contributed by atoms with Gasteiger partial charge in [-0.1, -0.05) is 6.07 Å². The van der Waals surface area contributed by atoms with Crippen LogP contribution in [0.25, 0.3) is 0 Å². The molecule has 124 valence electrons. The number of nitriles is 1. The molecule has 1 saturated heterocycles. The van der Waals surface area contributed by atoms with Crippen LogP contribution < -0.4 is 9.64 Å². The van der Waals surface area contributed by atoms with E-state index >= 15 is 0 Å². The van der Waals surface area contributed by atoms with E-state index in [2.05, 4.69) is 11.0 Å². The summed E-state index contributed by atoms with van der Waals surface area (Å²) in [6.45, 7) is 7.38. The van der Waals surface area contributed by atoms with Crippen LogP contribution in [0.3, 0.4) is 0 Å². The second-order valence-electron chi connectivity index (χ2n) is 6.39. The number of methoxy groups -OCH3 is 1. The number of carboxylic acid groups (broad SMARTS) is 1. The Morgan fingerprint density at radius 3 is 2.65 bits per heavy atom. The number of benzene rings is 1. The molecule has 0 aromatic heterocycles. The van der Waals surface area contributed by atoms with E-state index in [1.807, 2.05) is 39.0 Å². The number of ether oxygens (including phenoxy) is 1. The van der Waals surface area contributed by atoms with E-state index < -0.39 is 11.5 Å².